The topological polar surface area (TPSA) is 87.5 Å². The minimum Gasteiger partial charge on any atom is -0.459 e. The molecule has 1 heterocycles. The molecule has 1 aromatic rings. The largest absolute Gasteiger partial charge is 0.459 e. The van der Waals surface area contributed by atoms with E-state index in [1.54, 1.807) is 24.3 Å². The number of hydrogen-bond acceptors (Lipinski definition) is 5. The van der Waals surface area contributed by atoms with Gasteiger partial charge in [0.05, 0.1) is 23.5 Å². The lowest BCUT2D eigenvalue weighted by Gasteiger charge is -2.26. The van der Waals surface area contributed by atoms with Crippen LogP contribution in [0.25, 0.3) is 0 Å². The van der Waals surface area contributed by atoms with Gasteiger partial charge in [-0.3, -0.25) is 14.5 Å². The Labute approximate surface area is 164 Å². The lowest BCUT2D eigenvalue weighted by Crippen LogP contribution is -2.47. The summed E-state index contributed by atoms with van der Waals surface area (Å²) in [6.07, 6.45) is 5.31. The minimum atomic E-state index is -0.899. The van der Waals surface area contributed by atoms with Crippen molar-refractivity contribution in [3.8, 4) is 6.07 Å². The summed E-state index contributed by atoms with van der Waals surface area (Å²) >= 11 is 0. The molecule has 3 rings (SSSR count). The van der Waals surface area contributed by atoms with Crippen molar-refractivity contribution >= 4 is 17.8 Å². The molecule has 0 radical (unpaired) electrons. The van der Waals surface area contributed by atoms with Crippen molar-refractivity contribution in [2.45, 2.75) is 45.8 Å². The average molecular weight is 380 g/mol. The van der Waals surface area contributed by atoms with Gasteiger partial charge in [0.2, 0.25) is 11.8 Å². The number of carbonyl (C=O) groups is 3. The van der Waals surface area contributed by atoms with E-state index in [0.29, 0.717) is 24.8 Å². The molecule has 0 N–H and O–H groups in total. The Kier molecular flexibility index (Phi) is 5.93. The highest BCUT2D eigenvalue weighted by atomic mass is 16.5. The number of nitriles is 1. The molecule has 28 heavy (non-hydrogen) atoms. The quantitative estimate of drug-likeness (QED) is 0.430. The summed E-state index contributed by atoms with van der Waals surface area (Å²) in [4.78, 5) is 39.7. The third kappa shape index (κ3) is 3.99. The van der Waals surface area contributed by atoms with Gasteiger partial charge in [-0.05, 0) is 42.9 Å². The normalized spacial score (nSPS) is 22.1. The lowest BCUT2D eigenvalue weighted by molar-refractivity contribution is -0.160. The zero-order valence-corrected chi connectivity index (χ0v) is 16.1. The number of nitrogens with zero attached hydrogens (tertiary/aromatic N) is 2. The van der Waals surface area contributed by atoms with E-state index < -0.39 is 12.0 Å². The number of carbonyl (C=O) groups excluding carboxylic acids is 3. The molecule has 146 valence electrons. The number of hydrogen-bond donors (Lipinski definition) is 0. The van der Waals surface area contributed by atoms with Crippen molar-refractivity contribution in [3.05, 3.63) is 47.5 Å². The zero-order valence-electron chi connectivity index (χ0n) is 16.1. The predicted molar refractivity (Wildman–Crippen MR) is 101 cm³/mol. The van der Waals surface area contributed by atoms with E-state index in [-0.39, 0.29) is 36.2 Å². The van der Waals surface area contributed by atoms with Crippen LogP contribution in [-0.2, 0) is 25.7 Å². The maximum absolute atomic E-state index is 12.9. The highest BCUT2D eigenvalue weighted by Crippen LogP contribution is 2.37. The van der Waals surface area contributed by atoms with Crippen LogP contribution in [0.1, 0.15) is 44.2 Å². The Morgan fingerprint density at radius 2 is 1.71 bits per heavy atom. The van der Waals surface area contributed by atoms with Gasteiger partial charge in [0.25, 0.3) is 0 Å². The lowest BCUT2D eigenvalue weighted by atomic mass is 9.85. The Balaban J connectivity index is 1.74. The van der Waals surface area contributed by atoms with Crippen LogP contribution in [0.15, 0.2) is 36.4 Å². The van der Waals surface area contributed by atoms with Crippen LogP contribution in [0.4, 0.5) is 0 Å². The van der Waals surface area contributed by atoms with E-state index in [4.69, 9.17) is 10.00 Å². The summed E-state index contributed by atoms with van der Waals surface area (Å²) < 4.78 is 5.44. The highest BCUT2D eigenvalue weighted by molar-refractivity contribution is 6.08. The third-order valence-electron chi connectivity index (χ3n) is 5.28. The number of amides is 2. The second-order valence-corrected chi connectivity index (χ2v) is 7.76. The molecule has 6 nitrogen and oxygen atoms in total. The van der Waals surface area contributed by atoms with Gasteiger partial charge in [0.15, 0.2) is 0 Å². The number of ether oxygens (including phenoxy) is 1. The van der Waals surface area contributed by atoms with E-state index in [1.165, 1.54) is 0 Å². The maximum atomic E-state index is 12.9. The molecular formula is C22H24N2O4. The summed E-state index contributed by atoms with van der Waals surface area (Å²) in [7, 11) is 0. The molecule has 1 aliphatic carbocycles. The number of likely N-dealkylation sites (tertiary alicyclic amines) is 1. The standard InChI is InChI=1S/C22H24N2O4/c1-14(2)11-19(22(27)28-13-16-9-7-15(12-23)8-10-16)24-20(25)17-5-3-4-6-18(17)21(24)26/h3-4,7-10,14,17-19H,5-6,11,13H2,1-2H3/t17-,18+,19-/m1/s1. The van der Waals surface area contributed by atoms with Crippen LogP contribution >= 0.6 is 0 Å². The molecule has 0 saturated carbocycles. The number of fused-ring (bicyclic) bond motifs is 1. The van der Waals surface area contributed by atoms with E-state index in [2.05, 4.69) is 0 Å². The van der Waals surface area contributed by atoms with Crippen molar-refractivity contribution < 1.29 is 19.1 Å². The summed E-state index contributed by atoms with van der Waals surface area (Å²) in [6, 6.07) is 7.88. The van der Waals surface area contributed by atoms with Crippen LogP contribution in [0.2, 0.25) is 0 Å². The third-order valence-corrected chi connectivity index (χ3v) is 5.28. The Morgan fingerprint density at radius 1 is 1.14 bits per heavy atom. The van der Waals surface area contributed by atoms with E-state index in [9.17, 15) is 14.4 Å². The Bertz CT molecular complexity index is 809. The van der Waals surface area contributed by atoms with Crippen molar-refractivity contribution in [1.29, 1.82) is 5.26 Å². The SMILES string of the molecule is CC(C)C[C@H](C(=O)OCc1ccc(C#N)cc1)N1C(=O)[C@H]2CC=CC[C@H]2C1=O. The second-order valence-electron chi connectivity index (χ2n) is 7.76. The van der Waals surface area contributed by atoms with Crippen molar-refractivity contribution in [1.82, 2.24) is 4.90 Å². The first-order chi connectivity index (χ1) is 13.4. The minimum absolute atomic E-state index is 0.0315. The molecule has 1 aliphatic heterocycles. The molecule has 0 bridgehead atoms. The first kappa shape index (κ1) is 19.8. The van der Waals surface area contributed by atoms with Gasteiger partial charge >= 0.3 is 5.97 Å². The molecule has 0 aromatic heterocycles. The summed E-state index contributed by atoms with van der Waals surface area (Å²) in [5, 5.41) is 8.85. The van der Waals surface area contributed by atoms with Crippen LogP contribution in [0, 0.1) is 29.1 Å². The van der Waals surface area contributed by atoms with Gasteiger partial charge in [-0.25, -0.2) is 4.79 Å². The van der Waals surface area contributed by atoms with Gasteiger partial charge in [-0.2, -0.15) is 5.26 Å². The highest BCUT2D eigenvalue weighted by Gasteiger charge is 2.51. The van der Waals surface area contributed by atoms with Crippen molar-refractivity contribution in [2.24, 2.45) is 17.8 Å². The Hall–Kier alpha value is -2.94. The molecule has 0 spiro atoms. The summed E-state index contributed by atoms with van der Waals surface area (Å²) in [5.74, 6) is -1.70. The van der Waals surface area contributed by atoms with Crippen LogP contribution in [0.5, 0.6) is 0 Å². The summed E-state index contributed by atoms with van der Waals surface area (Å²) in [5.41, 5.74) is 1.27. The molecule has 2 amide bonds. The van der Waals surface area contributed by atoms with Gasteiger partial charge in [-0.15, -0.1) is 0 Å². The fourth-order valence-electron chi connectivity index (χ4n) is 3.81. The number of allylic oxidation sites excluding steroid dienone is 2. The van der Waals surface area contributed by atoms with Crippen LogP contribution < -0.4 is 0 Å². The monoisotopic (exact) mass is 380 g/mol. The van der Waals surface area contributed by atoms with Gasteiger partial charge in [0, 0.05) is 0 Å². The maximum Gasteiger partial charge on any atom is 0.329 e. The van der Waals surface area contributed by atoms with Gasteiger partial charge in [-0.1, -0.05) is 38.1 Å². The fourth-order valence-corrected chi connectivity index (χ4v) is 3.81. The smallest absolute Gasteiger partial charge is 0.329 e. The van der Waals surface area contributed by atoms with Crippen molar-refractivity contribution in [3.63, 3.8) is 0 Å². The molecule has 3 atom stereocenters. The molecule has 1 aromatic carbocycles. The first-order valence-electron chi connectivity index (χ1n) is 9.60. The predicted octanol–water partition coefficient (Wildman–Crippen LogP) is 2.97. The molecular weight excluding hydrogens is 356 g/mol. The van der Waals surface area contributed by atoms with Crippen molar-refractivity contribution in [2.75, 3.05) is 0 Å². The average Bonchev–Trinajstić information content (AvgIpc) is 2.95. The number of imide groups is 1. The van der Waals surface area contributed by atoms with Gasteiger partial charge < -0.3 is 4.74 Å². The van der Waals surface area contributed by atoms with E-state index >= 15 is 0 Å². The zero-order chi connectivity index (χ0) is 20.3. The molecule has 2 aliphatic rings. The fraction of sp³-hybridized carbons (Fsp3) is 0.455. The van der Waals surface area contributed by atoms with Gasteiger partial charge in [0.1, 0.15) is 12.6 Å². The second kappa shape index (κ2) is 8.39. The van der Waals surface area contributed by atoms with E-state index in [1.807, 2.05) is 32.1 Å². The summed E-state index contributed by atoms with van der Waals surface area (Å²) in [6.45, 7) is 3.92. The molecule has 1 saturated heterocycles. The van der Waals surface area contributed by atoms with Crippen LogP contribution in [-0.4, -0.2) is 28.7 Å². The van der Waals surface area contributed by atoms with Crippen LogP contribution in [0.3, 0.4) is 0 Å². The molecule has 0 unspecified atom stereocenters. The number of benzene rings is 1. The van der Waals surface area contributed by atoms with E-state index in [0.717, 1.165) is 10.5 Å². The first-order valence-corrected chi connectivity index (χ1v) is 9.60. The Morgan fingerprint density at radius 3 is 2.21 bits per heavy atom. The molecule has 1 fully saturated rings. The number of rotatable bonds is 6. The number of esters is 1. The molecule has 6 heteroatoms.